The Balaban J connectivity index is 2.38. The number of likely N-dealkylation sites (tertiary alicyclic amines) is 1. The lowest BCUT2D eigenvalue weighted by Gasteiger charge is -2.35. The zero-order valence-electron chi connectivity index (χ0n) is 11.0. The molecular weight excluding hydrogens is 200 g/mol. The van der Waals surface area contributed by atoms with Gasteiger partial charge in [-0.1, -0.05) is 19.8 Å². The highest BCUT2D eigenvalue weighted by Gasteiger charge is 2.24. The summed E-state index contributed by atoms with van der Waals surface area (Å²) in [6, 6.07) is 0.236. The predicted molar refractivity (Wildman–Crippen MR) is 67.5 cm³/mol. The van der Waals surface area contributed by atoms with E-state index in [1.165, 1.54) is 25.7 Å². The Morgan fingerprint density at radius 1 is 1.19 bits per heavy atom. The average Bonchev–Trinajstić information content (AvgIpc) is 2.32. The largest absolute Gasteiger partial charge is 0.325 e. The Hall–Kier alpha value is -0.730. The van der Waals surface area contributed by atoms with Crippen LogP contribution in [0.25, 0.3) is 0 Å². The van der Waals surface area contributed by atoms with Crippen LogP contribution in [0.2, 0.25) is 0 Å². The highest BCUT2D eigenvalue weighted by atomic mass is 16.2. The maximum absolute atomic E-state index is 12.1. The van der Waals surface area contributed by atoms with Gasteiger partial charge in [0.15, 0.2) is 0 Å². The summed E-state index contributed by atoms with van der Waals surface area (Å²) in [6.07, 6.45) is 4.99. The third-order valence-corrected chi connectivity index (χ3v) is 3.62. The minimum atomic E-state index is 0.236. The van der Waals surface area contributed by atoms with Crippen LogP contribution in [-0.2, 0) is 0 Å². The quantitative estimate of drug-likeness (QED) is 0.723. The van der Waals surface area contributed by atoms with Gasteiger partial charge in [0, 0.05) is 26.2 Å². The molecule has 0 aliphatic carbocycles. The van der Waals surface area contributed by atoms with Crippen molar-refractivity contribution >= 4 is 6.03 Å². The molecule has 0 unspecified atom stereocenters. The van der Waals surface area contributed by atoms with E-state index in [1.807, 2.05) is 23.6 Å². The molecule has 0 aromatic carbocycles. The van der Waals surface area contributed by atoms with E-state index in [0.29, 0.717) is 0 Å². The van der Waals surface area contributed by atoms with E-state index in [-0.39, 0.29) is 6.03 Å². The molecule has 3 heteroatoms. The van der Waals surface area contributed by atoms with Crippen molar-refractivity contribution in [3.8, 4) is 0 Å². The summed E-state index contributed by atoms with van der Waals surface area (Å²) in [5.74, 6) is 0.853. The van der Waals surface area contributed by atoms with Crippen molar-refractivity contribution in [1.82, 2.24) is 9.80 Å². The standard InChI is InChI=1S/C13H26N2O/c1-4-7-12-8-10-15(11-9-12)13(16)14(5-2)6-3/h12H,4-11H2,1-3H3. The van der Waals surface area contributed by atoms with Crippen LogP contribution in [0.3, 0.4) is 0 Å². The monoisotopic (exact) mass is 226 g/mol. The van der Waals surface area contributed by atoms with Crippen LogP contribution in [0.1, 0.15) is 46.5 Å². The minimum absolute atomic E-state index is 0.236. The number of rotatable bonds is 4. The zero-order valence-corrected chi connectivity index (χ0v) is 11.0. The Morgan fingerprint density at radius 3 is 2.19 bits per heavy atom. The maximum atomic E-state index is 12.1. The fraction of sp³-hybridized carbons (Fsp3) is 0.923. The van der Waals surface area contributed by atoms with Crippen molar-refractivity contribution in [1.29, 1.82) is 0 Å². The third-order valence-electron chi connectivity index (χ3n) is 3.62. The Bertz CT molecular complexity index is 206. The second kappa shape index (κ2) is 6.77. The van der Waals surface area contributed by atoms with Crippen LogP contribution in [0.4, 0.5) is 4.79 Å². The van der Waals surface area contributed by atoms with Gasteiger partial charge in [0.1, 0.15) is 0 Å². The summed E-state index contributed by atoms with van der Waals surface area (Å²) in [6.45, 7) is 9.90. The molecule has 1 fully saturated rings. The van der Waals surface area contributed by atoms with Crippen LogP contribution in [-0.4, -0.2) is 42.0 Å². The van der Waals surface area contributed by atoms with Crippen LogP contribution in [0, 0.1) is 5.92 Å². The maximum Gasteiger partial charge on any atom is 0.319 e. The Kier molecular flexibility index (Phi) is 5.64. The Morgan fingerprint density at radius 2 is 1.75 bits per heavy atom. The number of amides is 2. The van der Waals surface area contributed by atoms with Gasteiger partial charge in [-0.2, -0.15) is 0 Å². The molecule has 0 saturated carbocycles. The van der Waals surface area contributed by atoms with E-state index in [9.17, 15) is 4.79 Å². The summed E-state index contributed by atoms with van der Waals surface area (Å²) >= 11 is 0. The van der Waals surface area contributed by atoms with E-state index in [2.05, 4.69) is 6.92 Å². The first-order valence-electron chi connectivity index (χ1n) is 6.76. The van der Waals surface area contributed by atoms with Gasteiger partial charge in [-0.3, -0.25) is 0 Å². The first kappa shape index (κ1) is 13.3. The van der Waals surface area contributed by atoms with Crippen molar-refractivity contribution in [2.45, 2.75) is 46.5 Å². The van der Waals surface area contributed by atoms with Crippen molar-refractivity contribution in [2.75, 3.05) is 26.2 Å². The van der Waals surface area contributed by atoms with Gasteiger partial charge in [-0.05, 0) is 32.6 Å². The smallest absolute Gasteiger partial charge is 0.319 e. The summed E-state index contributed by atoms with van der Waals surface area (Å²) in [5, 5.41) is 0. The van der Waals surface area contributed by atoms with Crippen LogP contribution in [0.15, 0.2) is 0 Å². The SMILES string of the molecule is CCCC1CCN(C(=O)N(CC)CC)CC1. The van der Waals surface area contributed by atoms with E-state index >= 15 is 0 Å². The topological polar surface area (TPSA) is 23.6 Å². The van der Waals surface area contributed by atoms with Gasteiger partial charge in [0.05, 0.1) is 0 Å². The summed E-state index contributed by atoms with van der Waals surface area (Å²) in [5.41, 5.74) is 0. The van der Waals surface area contributed by atoms with Crippen molar-refractivity contribution in [3.63, 3.8) is 0 Å². The third kappa shape index (κ3) is 3.39. The molecular formula is C13H26N2O. The van der Waals surface area contributed by atoms with E-state index in [4.69, 9.17) is 0 Å². The van der Waals surface area contributed by atoms with Gasteiger partial charge < -0.3 is 9.80 Å². The fourth-order valence-corrected chi connectivity index (χ4v) is 2.52. The lowest BCUT2D eigenvalue weighted by molar-refractivity contribution is 0.134. The molecule has 1 saturated heterocycles. The zero-order chi connectivity index (χ0) is 12.0. The molecule has 1 rings (SSSR count). The number of carbonyl (C=O) groups is 1. The van der Waals surface area contributed by atoms with E-state index in [1.54, 1.807) is 0 Å². The van der Waals surface area contributed by atoms with E-state index in [0.717, 1.165) is 32.1 Å². The molecule has 0 radical (unpaired) electrons. The normalized spacial score (nSPS) is 17.6. The van der Waals surface area contributed by atoms with E-state index < -0.39 is 0 Å². The molecule has 0 atom stereocenters. The van der Waals surface area contributed by atoms with Crippen LogP contribution in [0.5, 0.6) is 0 Å². The lowest BCUT2D eigenvalue weighted by Crippen LogP contribution is -2.46. The van der Waals surface area contributed by atoms with Crippen molar-refractivity contribution in [2.24, 2.45) is 5.92 Å². The molecule has 0 bridgehead atoms. The highest BCUT2D eigenvalue weighted by molar-refractivity contribution is 5.74. The summed E-state index contributed by atoms with van der Waals surface area (Å²) in [7, 11) is 0. The molecule has 1 aliphatic heterocycles. The summed E-state index contributed by atoms with van der Waals surface area (Å²) < 4.78 is 0. The number of carbonyl (C=O) groups excluding carboxylic acids is 1. The lowest BCUT2D eigenvalue weighted by atomic mass is 9.93. The summed E-state index contributed by atoms with van der Waals surface area (Å²) in [4.78, 5) is 16.0. The molecule has 2 amide bonds. The molecule has 0 aromatic heterocycles. The number of hydrogen-bond donors (Lipinski definition) is 0. The minimum Gasteiger partial charge on any atom is -0.325 e. The second-order valence-electron chi connectivity index (χ2n) is 4.67. The molecule has 1 heterocycles. The van der Waals surface area contributed by atoms with Crippen molar-refractivity contribution < 1.29 is 4.79 Å². The van der Waals surface area contributed by atoms with Crippen LogP contribution >= 0.6 is 0 Å². The number of hydrogen-bond acceptors (Lipinski definition) is 1. The first-order chi connectivity index (χ1) is 7.72. The molecule has 0 spiro atoms. The molecule has 1 aliphatic rings. The molecule has 16 heavy (non-hydrogen) atoms. The average molecular weight is 226 g/mol. The van der Waals surface area contributed by atoms with Gasteiger partial charge in [-0.25, -0.2) is 4.79 Å². The Labute approximate surface area is 99.8 Å². The van der Waals surface area contributed by atoms with Gasteiger partial charge in [0.2, 0.25) is 0 Å². The van der Waals surface area contributed by atoms with Gasteiger partial charge >= 0.3 is 6.03 Å². The predicted octanol–water partition coefficient (Wildman–Crippen LogP) is 2.96. The van der Waals surface area contributed by atoms with Gasteiger partial charge in [0.25, 0.3) is 0 Å². The fourth-order valence-electron chi connectivity index (χ4n) is 2.52. The van der Waals surface area contributed by atoms with Crippen molar-refractivity contribution in [3.05, 3.63) is 0 Å². The van der Waals surface area contributed by atoms with Gasteiger partial charge in [-0.15, -0.1) is 0 Å². The first-order valence-corrected chi connectivity index (χ1v) is 6.76. The molecule has 0 aromatic rings. The number of piperidine rings is 1. The van der Waals surface area contributed by atoms with Crippen LogP contribution < -0.4 is 0 Å². The number of urea groups is 1. The highest BCUT2D eigenvalue weighted by Crippen LogP contribution is 2.22. The molecule has 0 N–H and O–H groups in total. The number of nitrogens with zero attached hydrogens (tertiary/aromatic N) is 2. The second-order valence-corrected chi connectivity index (χ2v) is 4.67. The molecule has 3 nitrogen and oxygen atoms in total. The molecule has 94 valence electrons.